The predicted octanol–water partition coefficient (Wildman–Crippen LogP) is -0.0822. The summed E-state index contributed by atoms with van der Waals surface area (Å²) in [5.41, 5.74) is 0.493. The number of aromatic nitrogens is 2. The molecule has 0 aliphatic rings. The van der Waals surface area contributed by atoms with E-state index in [-0.39, 0.29) is 6.42 Å². The Morgan fingerprint density at radius 3 is 3.00 bits per heavy atom. The Morgan fingerprint density at radius 2 is 2.55 bits per heavy atom. The fourth-order valence-corrected chi connectivity index (χ4v) is 0.726. The van der Waals surface area contributed by atoms with Gasteiger partial charge in [0.2, 0.25) is 0 Å². The Balaban J connectivity index is 2.56. The van der Waals surface area contributed by atoms with Gasteiger partial charge in [0.25, 0.3) is 0 Å². The highest BCUT2D eigenvalue weighted by molar-refractivity contribution is 5.67. The molecule has 0 amide bonds. The van der Waals surface area contributed by atoms with E-state index in [9.17, 15) is 4.79 Å². The third-order valence-corrected chi connectivity index (χ3v) is 1.27. The number of nitrogens with zero attached hydrogens (tertiary/aromatic N) is 1. The van der Waals surface area contributed by atoms with Gasteiger partial charge in [-0.25, -0.2) is 0 Å². The van der Waals surface area contributed by atoms with E-state index < -0.39 is 12.1 Å². The van der Waals surface area contributed by atoms with E-state index in [1.54, 1.807) is 0 Å². The van der Waals surface area contributed by atoms with E-state index >= 15 is 0 Å². The van der Waals surface area contributed by atoms with Crippen LogP contribution >= 0.6 is 0 Å². The largest absolute Gasteiger partial charge is 0.481 e. The van der Waals surface area contributed by atoms with Crippen molar-refractivity contribution >= 4 is 5.97 Å². The van der Waals surface area contributed by atoms with Crippen LogP contribution in [0.1, 0.15) is 18.1 Å². The molecule has 5 heteroatoms. The summed E-state index contributed by atoms with van der Waals surface area (Å²) in [5.74, 6) is -1.03. The third kappa shape index (κ3) is 2.05. The second-order valence-electron chi connectivity index (χ2n) is 2.15. The molecule has 1 aromatic heterocycles. The topological polar surface area (TPSA) is 86.2 Å². The first-order valence-corrected chi connectivity index (χ1v) is 3.08. The Hall–Kier alpha value is -1.36. The second-order valence-corrected chi connectivity index (χ2v) is 2.15. The van der Waals surface area contributed by atoms with E-state index in [0.29, 0.717) is 5.56 Å². The first kappa shape index (κ1) is 7.74. The molecule has 11 heavy (non-hydrogen) atoms. The van der Waals surface area contributed by atoms with Gasteiger partial charge in [-0.3, -0.25) is 9.89 Å². The van der Waals surface area contributed by atoms with Gasteiger partial charge in [-0.15, -0.1) is 0 Å². The molecule has 0 aromatic carbocycles. The number of carbonyl (C=O) groups is 1. The highest BCUT2D eigenvalue weighted by Gasteiger charge is 2.11. The quantitative estimate of drug-likeness (QED) is 0.571. The number of aliphatic carboxylic acids is 1. The smallest absolute Gasteiger partial charge is 0.306 e. The minimum Gasteiger partial charge on any atom is -0.481 e. The number of carboxylic acids is 1. The van der Waals surface area contributed by atoms with Crippen molar-refractivity contribution in [2.75, 3.05) is 0 Å². The zero-order valence-corrected chi connectivity index (χ0v) is 5.69. The normalized spacial score (nSPS) is 12.8. The van der Waals surface area contributed by atoms with Crippen molar-refractivity contribution in [3.8, 4) is 0 Å². The fourth-order valence-electron chi connectivity index (χ4n) is 0.726. The highest BCUT2D eigenvalue weighted by atomic mass is 16.4. The first-order valence-electron chi connectivity index (χ1n) is 3.08. The molecule has 0 saturated carbocycles. The molecule has 1 rings (SSSR count). The van der Waals surface area contributed by atoms with Crippen molar-refractivity contribution in [3.05, 3.63) is 18.0 Å². The minimum absolute atomic E-state index is 0.292. The maximum absolute atomic E-state index is 10.1. The van der Waals surface area contributed by atoms with E-state index in [1.165, 1.54) is 12.4 Å². The highest BCUT2D eigenvalue weighted by Crippen LogP contribution is 2.13. The van der Waals surface area contributed by atoms with Gasteiger partial charge in [-0.1, -0.05) is 0 Å². The summed E-state index contributed by atoms with van der Waals surface area (Å²) < 4.78 is 0. The molecule has 0 saturated heterocycles. The zero-order chi connectivity index (χ0) is 8.27. The van der Waals surface area contributed by atoms with Crippen LogP contribution in [0.4, 0.5) is 0 Å². The van der Waals surface area contributed by atoms with Crippen LogP contribution in [0.25, 0.3) is 0 Å². The lowest BCUT2D eigenvalue weighted by Gasteiger charge is -2.02. The Labute approximate surface area is 62.7 Å². The molecule has 1 atom stereocenters. The van der Waals surface area contributed by atoms with Gasteiger partial charge in [0.05, 0.1) is 18.7 Å². The van der Waals surface area contributed by atoms with Gasteiger partial charge >= 0.3 is 5.97 Å². The molecule has 0 aliphatic carbocycles. The van der Waals surface area contributed by atoms with Crippen molar-refractivity contribution in [1.29, 1.82) is 0 Å². The lowest BCUT2D eigenvalue weighted by atomic mass is 10.1. The maximum atomic E-state index is 10.1. The molecular weight excluding hydrogens is 148 g/mol. The summed E-state index contributed by atoms with van der Waals surface area (Å²) >= 11 is 0. The molecule has 1 unspecified atom stereocenters. The van der Waals surface area contributed by atoms with Crippen molar-refractivity contribution in [1.82, 2.24) is 10.2 Å². The number of rotatable bonds is 3. The summed E-state index contributed by atoms with van der Waals surface area (Å²) in [4.78, 5) is 10.1. The molecule has 0 radical (unpaired) electrons. The van der Waals surface area contributed by atoms with Crippen LogP contribution in [-0.2, 0) is 4.79 Å². The van der Waals surface area contributed by atoms with Crippen LogP contribution in [0.3, 0.4) is 0 Å². The maximum Gasteiger partial charge on any atom is 0.306 e. The third-order valence-electron chi connectivity index (χ3n) is 1.27. The zero-order valence-electron chi connectivity index (χ0n) is 5.69. The van der Waals surface area contributed by atoms with Crippen LogP contribution in [-0.4, -0.2) is 26.4 Å². The van der Waals surface area contributed by atoms with Gasteiger partial charge in [-0.05, 0) is 0 Å². The van der Waals surface area contributed by atoms with Crippen molar-refractivity contribution < 1.29 is 15.0 Å². The molecule has 5 nitrogen and oxygen atoms in total. The van der Waals surface area contributed by atoms with Gasteiger partial charge in [-0.2, -0.15) is 5.10 Å². The van der Waals surface area contributed by atoms with Crippen LogP contribution in [0.15, 0.2) is 12.4 Å². The average molecular weight is 156 g/mol. The Bertz CT molecular complexity index is 232. The lowest BCUT2D eigenvalue weighted by molar-refractivity contribution is -0.139. The van der Waals surface area contributed by atoms with E-state index in [1.807, 2.05) is 0 Å². The van der Waals surface area contributed by atoms with Crippen LogP contribution in [0.5, 0.6) is 0 Å². The second kappa shape index (κ2) is 3.16. The first-order chi connectivity index (χ1) is 5.20. The molecule has 0 bridgehead atoms. The average Bonchev–Trinajstić information content (AvgIpc) is 2.35. The number of hydrogen-bond donors (Lipinski definition) is 3. The van der Waals surface area contributed by atoms with Crippen LogP contribution in [0.2, 0.25) is 0 Å². The summed E-state index contributed by atoms with van der Waals surface area (Å²) in [5, 5.41) is 23.5. The number of H-pyrrole nitrogens is 1. The van der Waals surface area contributed by atoms with E-state index in [0.717, 1.165) is 0 Å². The van der Waals surface area contributed by atoms with Crippen molar-refractivity contribution in [2.24, 2.45) is 0 Å². The van der Waals surface area contributed by atoms with Crippen molar-refractivity contribution in [2.45, 2.75) is 12.5 Å². The van der Waals surface area contributed by atoms with Gasteiger partial charge in [0.1, 0.15) is 0 Å². The summed E-state index contributed by atoms with van der Waals surface area (Å²) in [6.45, 7) is 0. The monoisotopic (exact) mass is 156 g/mol. The van der Waals surface area contributed by atoms with Crippen LogP contribution in [0, 0.1) is 0 Å². The molecule has 60 valence electrons. The number of carboxylic acid groups (broad SMARTS) is 1. The Morgan fingerprint density at radius 1 is 1.82 bits per heavy atom. The number of aliphatic hydroxyl groups excluding tert-OH is 1. The molecule has 1 aromatic rings. The number of aromatic amines is 1. The molecule has 3 N–H and O–H groups in total. The minimum atomic E-state index is -1.03. The standard InChI is InChI=1S/C6H8N2O3/c9-5(1-6(10)11)4-2-7-8-3-4/h2-3,5,9H,1H2,(H,7,8)(H,10,11). The SMILES string of the molecule is O=C(O)CC(O)c1cn[nH]c1. The molecular formula is C6H8N2O3. The van der Waals surface area contributed by atoms with E-state index in [2.05, 4.69) is 10.2 Å². The van der Waals surface area contributed by atoms with E-state index in [4.69, 9.17) is 10.2 Å². The summed E-state index contributed by atoms with van der Waals surface area (Å²) in [6, 6.07) is 0. The molecule has 0 aliphatic heterocycles. The summed E-state index contributed by atoms with van der Waals surface area (Å²) in [6.07, 6.45) is 1.60. The van der Waals surface area contributed by atoms with Gasteiger partial charge in [0, 0.05) is 11.8 Å². The number of aliphatic hydroxyl groups is 1. The number of nitrogens with one attached hydrogen (secondary N) is 1. The summed E-state index contributed by atoms with van der Waals surface area (Å²) in [7, 11) is 0. The molecule has 0 spiro atoms. The predicted molar refractivity (Wildman–Crippen MR) is 35.8 cm³/mol. The van der Waals surface area contributed by atoms with Crippen molar-refractivity contribution in [3.63, 3.8) is 0 Å². The molecule has 0 fully saturated rings. The van der Waals surface area contributed by atoms with Gasteiger partial charge < -0.3 is 10.2 Å². The Kier molecular flexibility index (Phi) is 2.22. The fraction of sp³-hybridized carbons (Fsp3) is 0.333. The lowest BCUT2D eigenvalue weighted by Crippen LogP contribution is -2.04. The number of hydrogen-bond acceptors (Lipinski definition) is 3. The van der Waals surface area contributed by atoms with Gasteiger partial charge in [0.15, 0.2) is 0 Å². The molecule has 1 heterocycles. The van der Waals surface area contributed by atoms with Crippen LogP contribution < -0.4 is 0 Å².